The predicted molar refractivity (Wildman–Crippen MR) is 113 cm³/mol. The van der Waals surface area contributed by atoms with Crippen molar-refractivity contribution in [1.82, 2.24) is 20.2 Å². The van der Waals surface area contributed by atoms with Crippen molar-refractivity contribution in [2.75, 3.05) is 36.5 Å². The highest BCUT2D eigenvalue weighted by atomic mass is 19.3. The summed E-state index contributed by atoms with van der Waals surface area (Å²) in [5.41, 5.74) is -0.133. The van der Waals surface area contributed by atoms with Crippen molar-refractivity contribution in [3.63, 3.8) is 0 Å². The number of nitrogens with zero attached hydrogens (tertiary/aromatic N) is 4. The van der Waals surface area contributed by atoms with Gasteiger partial charge >= 0.3 is 0 Å². The lowest BCUT2D eigenvalue weighted by molar-refractivity contribution is 0.146. The Hall–Kier alpha value is -3.14. The normalized spacial score (nSPS) is 15.5. The smallest absolute Gasteiger partial charge is 0.269 e. The number of halogens is 3. The second-order valence-electron chi connectivity index (χ2n) is 7.54. The number of piperazine rings is 1. The van der Waals surface area contributed by atoms with Gasteiger partial charge in [0, 0.05) is 54.8 Å². The number of alkyl halides is 2. The van der Waals surface area contributed by atoms with E-state index in [0.717, 1.165) is 19.2 Å². The first-order chi connectivity index (χ1) is 14.9. The molecule has 0 radical (unpaired) electrons. The fourth-order valence-electron chi connectivity index (χ4n) is 3.79. The molecule has 2 aromatic heterocycles. The van der Waals surface area contributed by atoms with E-state index in [-0.39, 0.29) is 11.1 Å². The van der Waals surface area contributed by atoms with Gasteiger partial charge in [0.05, 0.1) is 17.3 Å². The fourth-order valence-corrected chi connectivity index (χ4v) is 3.79. The first-order valence-electron chi connectivity index (χ1n) is 10.1. The Bertz CT molecular complexity index is 1160. The number of pyridine rings is 1. The van der Waals surface area contributed by atoms with Crippen molar-refractivity contribution in [3.05, 3.63) is 63.5 Å². The molecule has 0 amide bonds. The molecule has 1 aromatic carbocycles. The number of rotatable bonds is 5. The lowest BCUT2D eigenvalue weighted by Gasteiger charge is -2.30. The van der Waals surface area contributed by atoms with Crippen LogP contribution in [0.3, 0.4) is 0 Å². The largest absolute Gasteiger partial charge is 0.361 e. The first kappa shape index (κ1) is 21.1. The van der Waals surface area contributed by atoms with E-state index >= 15 is 0 Å². The van der Waals surface area contributed by atoms with Gasteiger partial charge in [-0.25, -0.2) is 17.8 Å². The zero-order valence-corrected chi connectivity index (χ0v) is 17.2. The van der Waals surface area contributed by atoms with Gasteiger partial charge in [0.25, 0.3) is 12.0 Å². The number of nitrogens with one attached hydrogen (secondary N) is 2. The molecule has 1 aliphatic heterocycles. The molecule has 3 aromatic rings. The minimum atomic E-state index is -2.90. The molecule has 2 N–H and O–H groups in total. The van der Waals surface area contributed by atoms with Crippen molar-refractivity contribution in [1.29, 1.82) is 0 Å². The van der Waals surface area contributed by atoms with Gasteiger partial charge in [-0.1, -0.05) is 18.2 Å². The maximum Gasteiger partial charge on any atom is 0.269 e. The van der Waals surface area contributed by atoms with Crippen molar-refractivity contribution in [2.24, 2.45) is 0 Å². The average molecular weight is 432 g/mol. The summed E-state index contributed by atoms with van der Waals surface area (Å²) in [5.74, 6) is -0.599. The van der Waals surface area contributed by atoms with Crippen LogP contribution in [0.25, 0.3) is 10.8 Å². The molecule has 1 atom stereocenters. The minimum absolute atomic E-state index is 0.101. The molecule has 0 saturated carbocycles. The van der Waals surface area contributed by atoms with Gasteiger partial charge < -0.3 is 15.6 Å². The van der Waals surface area contributed by atoms with Crippen LogP contribution >= 0.6 is 0 Å². The monoisotopic (exact) mass is 432 g/mol. The van der Waals surface area contributed by atoms with E-state index in [9.17, 15) is 18.0 Å². The van der Waals surface area contributed by atoms with Gasteiger partial charge in [-0.2, -0.15) is 5.10 Å². The van der Waals surface area contributed by atoms with Crippen LogP contribution in [0.5, 0.6) is 0 Å². The Balaban J connectivity index is 1.75. The van der Waals surface area contributed by atoms with Crippen LogP contribution in [-0.2, 0) is 0 Å². The van der Waals surface area contributed by atoms with E-state index in [1.807, 2.05) is 5.01 Å². The van der Waals surface area contributed by atoms with E-state index in [2.05, 4.69) is 20.8 Å². The summed E-state index contributed by atoms with van der Waals surface area (Å²) in [5, 5.41) is 17.8. The number of hydrogen-bond donors (Lipinski definition) is 2. The summed E-state index contributed by atoms with van der Waals surface area (Å²) in [6.07, 6.45) is -1.20. The summed E-state index contributed by atoms with van der Waals surface area (Å²) >= 11 is 0. The third-order valence-corrected chi connectivity index (χ3v) is 5.49. The zero-order valence-electron chi connectivity index (χ0n) is 17.2. The molecule has 3 heterocycles. The molecule has 0 bridgehead atoms. The lowest BCUT2D eigenvalue weighted by atomic mass is 10.0. The van der Waals surface area contributed by atoms with Gasteiger partial charge in [0.1, 0.15) is 5.82 Å². The Morgan fingerprint density at radius 3 is 2.55 bits per heavy atom. The van der Waals surface area contributed by atoms with Gasteiger partial charge in [-0.3, -0.25) is 4.79 Å². The molecule has 1 fully saturated rings. The van der Waals surface area contributed by atoms with Crippen LogP contribution in [-0.4, -0.2) is 41.1 Å². The highest BCUT2D eigenvalue weighted by molar-refractivity contribution is 5.92. The van der Waals surface area contributed by atoms with Crippen LogP contribution in [0.2, 0.25) is 0 Å². The van der Waals surface area contributed by atoms with Gasteiger partial charge in [0.15, 0.2) is 5.82 Å². The zero-order chi connectivity index (χ0) is 22.1. The molecule has 164 valence electrons. The molecule has 4 rings (SSSR count). The minimum Gasteiger partial charge on any atom is -0.361 e. The first-order valence-corrected chi connectivity index (χ1v) is 10.1. The molecular weight excluding hydrogens is 409 g/mol. The van der Waals surface area contributed by atoms with E-state index < -0.39 is 23.8 Å². The summed E-state index contributed by atoms with van der Waals surface area (Å²) in [4.78, 5) is 12.7. The second-order valence-corrected chi connectivity index (χ2v) is 7.54. The van der Waals surface area contributed by atoms with Crippen LogP contribution < -0.4 is 21.2 Å². The van der Waals surface area contributed by atoms with Gasteiger partial charge in [-0.15, -0.1) is 5.10 Å². The van der Waals surface area contributed by atoms with Crippen LogP contribution in [0.4, 0.5) is 19.0 Å². The fraction of sp³-hybridized carbons (Fsp3) is 0.381. The topological polar surface area (TPSA) is 75.1 Å². The number of hydrogen-bond acceptors (Lipinski definition) is 6. The third kappa shape index (κ3) is 4.07. The predicted octanol–water partition coefficient (Wildman–Crippen LogP) is 2.89. The number of benzene rings is 1. The lowest BCUT2D eigenvalue weighted by Crippen LogP contribution is -2.52. The molecule has 0 aliphatic carbocycles. The van der Waals surface area contributed by atoms with Crippen molar-refractivity contribution < 1.29 is 13.2 Å². The van der Waals surface area contributed by atoms with Crippen molar-refractivity contribution >= 4 is 16.6 Å². The molecule has 10 heteroatoms. The number of fused-ring (bicyclic) bond motifs is 1. The maximum absolute atomic E-state index is 14.6. The molecule has 0 unspecified atom stereocenters. The third-order valence-electron chi connectivity index (χ3n) is 5.49. The second kappa shape index (κ2) is 8.54. The van der Waals surface area contributed by atoms with Crippen molar-refractivity contribution in [2.45, 2.75) is 26.3 Å². The summed E-state index contributed by atoms with van der Waals surface area (Å²) in [7, 11) is 0. The van der Waals surface area contributed by atoms with Crippen molar-refractivity contribution in [3.8, 4) is 0 Å². The summed E-state index contributed by atoms with van der Waals surface area (Å²) < 4.78 is 42.3. The standard InChI is InChI=1S/C21H23F3N6O/c1-12(14-4-3-5-15(19(14)22)20(23)24)26-21-17-11-30(29-8-6-25-7-9-29)18(31)10-16(17)13(2)27-28-21/h3-5,10-12,20,25H,6-9H2,1-2H3,(H,26,28)/t12-/m1/s1. The van der Waals surface area contributed by atoms with E-state index in [1.165, 1.54) is 18.2 Å². The molecule has 1 aliphatic rings. The average Bonchev–Trinajstić information content (AvgIpc) is 2.76. The van der Waals surface area contributed by atoms with Crippen LogP contribution in [0.1, 0.15) is 36.2 Å². The maximum atomic E-state index is 14.6. The molecule has 0 spiro atoms. The molecule has 31 heavy (non-hydrogen) atoms. The Kier molecular flexibility index (Phi) is 5.81. The summed E-state index contributed by atoms with van der Waals surface area (Å²) in [6.45, 7) is 6.29. The summed E-state index contributed by atoms with van der Waals surface area (Å²) in [6, 6.07) is 4.79. The van der Waals surface area contributed by atoms with E-state index in [0.29, 0.717) is 35.4 Å². The molecule has 1 saturated heterocycles. The number of aryl methyl sites for hydroxylation is 1. The molecular formula is C21H23F3N6O. The van der Waals surface area contributed by atoms with Gasteiger partial charge in [0.2, 0.25) is 0 Å². The van der Waals surface area contributed by atoms with Crippen LogP contribution in [0, 0.1) is 12.7 Å². The van der Waals surface area contributed by atoms with Gasteiger partial charge in [-0.05, 0) is 13.8 Å². The Morgan fingerprint density at radius 1 is 1.13 bits per heavy atom. The van der Waals surface area contributed by atoms with E-state index in [1.54, 1.807) is 24.7 Å². The number of aromatic nitrogens is 3. The SMILES string of the molecule is Cc1nnc(N[C@H](C)c2cccc(C(F)F)c2F)c2cn(N3CCNCC3)c(=O)cc12. The molecule has 7 nitrogen and oxygen atoms in total. The highest BCUT2D eigenvalue weighted by Gasteiger charge is 2.21. The number of anilines is 1. The van der Waals surface area contributed by atoms with Crippen LogP contribution in [0.15, 0.2) is 35.3 Å². The highest BCUT2D eigenvalue weighted by Crippen LogP contribution is 2.30. The Morgan fingerprint density at radius 2 is 1.84 bits per heavy atom. The quantitative estimate of drug-likeness (QED) is 0.646. The Labute approximate surface area is 176 Å². The van der Waals surface area contributed by atoms with E-state index in [4.69, 9.17) is 0 Å².